The average Bonchev–Trinajstić information content (AvgIpc) is 3.97. The van der Waals surface area contributed by atoms with Gasteiger partial charge in [-0.3, -0.25) is 19.8 Å². The molecule has 0 bridgehead atoms. The minimum Gasteiger partial charge on any atom is -0.472 e. The van der Waals surface area contributed by atoms with Gasteiger partial charge in [0.05, 0.1) is 32.5 Å². The van der Waals surface area contributed by atoms with Gasteiger partial charge in [-0.25, -0.2) is 17.5 Å². The standard InChI is InChI=1S/C53H66FN7O9S/c1-33(2)38-9-6-7-10-39(38)40-11-8-12-45(40)60-31-53(32-60)21-23-59(24-22-53)36-13-15-41(47(25-36)70-48-27-42-43(54)29-56-49(42)57-51(48)69-30-34(3)68-5)50(62)58-71(66,67)37-14-16-44(46(26-37)61(64)65)55-28-35-17-19-52(4,63)20-18-35/h6-7,9-10,13-16,25-27,29,33-35,40,45,55,63H,8,11-12,17-24,28,30-32H2,1-5H3,(H,56,57)(H,58,62)/t34-,35-,40+,45?,52-/m0/s1. The van der Waals surface area contributed by atoms with Gasteiger partial charge in [0.25, 0.3) is 27.5 Å². The Morgan fingerprint density at radius 1 is 1.00 bits per heavy atom. The number of aromatic nitrogens is 2. The van der Waals surface area contributed by atoms with E-state index in [4.69, 9.17) is 14.2 Å². The fourth-order valence-electron chi connectivity index (χ4n) is 11.2. The van der Waals surface area contributed by atoms with Crippen molar-refractivity contribution in [3.8, 4) is 17.4 Å². The minimum atomic E-state index is -4.69. The molecule has 71 heavy (non-hydrogen) atoms. The summed E-state index contributed by atoms with van der Waals surface area (Å²) in [5.74, 6) is -0.564. The van der Waals surface area contributed by atoms with Crippen molar-refractivity contribution >= 4 is 44.0 Å². The molecule has 2 aromatic heterocycles. The summed E-state index contributed by atoms with van der Waals surface area (Å²) in [7, 11) is -3.15. The number of nitro groups is 1. The Bertz CT molecular complexity index is 2870. The van der Waals surface area contributed by atoms with Crippen molar-refractivity contribution in [2.24, 2.45) is 11.3 Å². The number of aromatic amines is 1. The third-order valence-electron chi connectivity index (χ3n) is 15.5. The number of carbonyl (C=O) groups is 1. The normalized spacial score (nSPS) is 22.9. The van der Waals surface area contributed by atoms with E-state index in [-0.39, 0.29) is 63.7 Å². The maximum atomic E-state index is 15.1. The molecule has 3 atom stereocenters. The number of halogens is 1. The fourth-order valence-corrected chi connectivity index (χ4v) is 12.2. The lowest BCUT2D eigenvalue weighted by molar-refractivity contribution is -0.384. The first-order valence-electron chi connectivity index (χ1n) is 25.0. The molecule has 4 aliphatic rings. The topological polar surface area (TPSA) is 201 Å². The van der Waals surface area contributed by atoms with Gasteiger partial charge in [0.2, 0.25) is 0 Å². The number of methoxy groups -OCH3 is 1. The molecule has 2 aliphatic heterocycles. The number of hydrogen-bond donors (Lipinski definition) is 4. The van der Waals surface area contributed by atoms with E-state index >= 15 is 4.39 Å². The predicted molar refractivity (Wildman–Crippen MR) is 270 cm³/mol. The molecule has 2 aliphatic carbocycles. The molecule has 1 spiro atoms. The number of hydrogen-bond acceptors (Lipinski definition) is 13. The van der Waals surface area contributed by atoms with Crippen molar-refractivity contribution in [3.05, 3.63) is 106 Å². The van der Waals surface area contributed by atoms with Crippen LogP contribution in [0.25, 0.3) is 11.0 Å². The van der Waals surface area contributed by atoms with Crippen LogP contribution in [-0.4, -0.2) is 103 Å². The van der Waals surface area contributed by atoms with Crippen LogP contribution in [0.1, 0.15) is 119 Å². The SMILES string of the molecule is CO[C@@H](C)COc1nc2[nH]cc(F)c2cc1Oc1cc(N2CCC3(CC2)CN(C2CCC[C@@H]2c2ccccc2C(C)C)C3)ccc1C(=O)NS(=O)(=O)c1ccc(NC[C@H]2CC[C@](C)(O)CC2)c([N+](=O)[O-])c1. The number of anilines is 2. The van der Waals surface area contributed by atoms with Crippen molar-refractivity contribution in [2.75, 3.05) is 56.7 Å². The summed E-state index contributed by atoms with van der Waals surface area (Å²) in [6.07, 6.45) is 9.09. The molecule has 5 aromatic rings. The highest BCUT2D eigenvalue weighted by atomic mass is 32.2. The van der Waals surface area contributed by atoms with Crippen LogP contribution in [0.15, 0.2) is 77.8 Å². The van der Waals surface area contributed by atoms with Gasteiger partial charge in [-0.15, -0.1) is 0 Å². The molecule has 2 saturated heterocycles. The number of nitro benzene ring substituents is 1. The molecule has 3 aromatic carbocycles. The monoisotopic (exact) mass is 995 g/mol. The zero-order valence-electron chi connectivity index (χ0n) is 41.2. The van der Waals surface area contributed by atoms with E-state index in [9.17, 15) is 28.4 Å². The molecule has 18 heteroatoms. The Morgan fingerprint density at radius 3 is 2.46 bits per heavy atom. The van der Waals surface area contributed by atoms with Crippen LogP contribution in [0.4, 0.5) is 21.5 Å². The van der Waals surface area contributed by atoms with E-state index in [1.807, 2.05) is 0 Å². The Labute approximate surface area is 414 Å². The van der Waals surface area contributed by atoms with Crippen molar-refractivity contribution < 1.29 is 41.8 Å². The average molecular weight is 996 g/mol. The highest BCUT2D eigenvalue weighted by Gasteiger charge is 2.49. The first-order chi connectivity index (χ1) is 33.9. The Hall–Kier alpha value is -5.82. The van der Waals surface area contributed by atoms with Gasteiger partial charge < -0.3 is 34.5 Å². The second-order valence-electron chi connectivity index (χ2n) is 20.9. The van der Waals surface area contributed by atoms with Crippen molar-refractivity contribution in [3.63, 3.8) is 0 Å². The van der Waals surface area contributed by atoms with Crippen LogP contribution in [0, 0.1) is 27.3 Å². The van der Waals surface area contributed by atoms with Gasteiger partial charge in [-0.1, -0.05) is 44.5 Å². The lowest BCUT2D eigenvalue weighted by Gasteiger charge is -2.57. The van der Waals surface area contributed by atoms with Crippen molar-refractivity contribution in [1.82, 2.24) is 19.6 Å². The molecule has 16 nitrogen and oxygen atoms in total. The largest absolute Gasteiger partial charge is 0.472 e. The predicted octanol–water partition coefficient (Wildman–Crippen LogP) is 9.65. The van der Waals surface area contributed by atoms with Crippen LogP contribution in [-0.2, 0) is 14.8 Å². The number of benzene rings is 3. The molecule has 0 radical (unpaired) electrons. The third kappa shape index (κ3) is 10.9. The van der Waals surface area contributed by atoms with E-state index in [2.05, 4.69) is 67.9 Å². The van der Waals surface area contributed by atoms with Crippen molar-refractivity contribution in [1.29, 1.82) is 0 Å². The van der Waals surface area contributed by atoms with E-state index in [0.29, 0.717) is 37.3 Å². The number of fused-ring (bicyclic) bond motifs is 1. The van der Waals surface area contributed by atoms with Crippen LogP contribution in [0.5, 0.6) is 17.4 Å². The summed E-state index contributed by atoms with van der Waals surface area (Å²) in [5.41, 5.74) is 2.84. The zero-order valence-corrected chi connectivity index (χ0v) is 42.0. The Kier molecular flexibility index (Phi) is 14.4. The Balaban J connectivity index is 0.951. The quantitative estimate of drug-likeness (QED) is 0.0507. The molecular formula is C53H66FN7O9S. The summed E-state index contributed by atoms with van der Waals surface area (Å²) in [6, 6.07) is 19.2. The van der Waals surface area contributed by atoms with Gasteiger partial charge >= 0.3 is 0 Å². The molecule has 2 saturated carbocycles. The van der Waals surface area contributed by atoms with Crippen LogP contribution in [0.3, 0.4) is 0 Å². The molecule has 4 N–H and O–H groups in total. The minimum absolute atomic E-state index is 0.0179. The van der Waals surface area contributed by atoms with E-state index < -0.39 is 42.9 Å². The van der Waals surface area contributed by atoms with Crippen LogP contribution >= 0.6 is 0 Å². The number of rotatable bonds is 17. The smallest absolute Gasteiger partial charge is 0.293 e. The van der Waals surface area contributed by atoms with Gasteiger partial charge in [0.1, 0.15) is 29.5 Å². The highest BCUT2D eigenvalue weighted by molar-refractivity contribution is 7.90. The zero-order chi connectivity index (χ0) is 50.2. The van der Waals surface area contributed by atoms with E-state index in [1.54, 1.807) is 26.0 Å². The van der Waals surface area contributed by atoms with Gasteiger partial charge in [-0.2, -0.15) is 4.98 Å². The number of carbonyl (C=O) groups excluding carboxylic acids is 1. The molecule has 4 fully saturated rings. The maximum absolute atomic E-state index is 15.1. The summed E-state index contributed by atoms with van der Waals surface area (Å²) in [5, 5.41) is 25.8. The first kappa shape index (κ1) is 50.1. The number of nitrogens with one attached hydrogen (secondary N) is 3. The lowest BCUT2D eigenvalue weighted by atomic mass is 9.70. The van der Waals surface area contributed by atoms with Crippen molar-refractivity contribution in [2.45, 2.75) is 120 Å². The first-order valence-corrected chi connectivity index (χ1v) is 26.4. The summed E-state index contributed by atoms with van der Waals surface area (Å²) >= 11 is 0. The van der Waals surface area contributed by atoms with Crippen LogP contribution < -0.4 is 24.4 Å². The van der Waals surface area contributed by atoms with Gasteiger partial charge in [0, 0.05) is 76.0 Å². The second kappa shape index (κ2) is 20.4. The summed E-state index contributed by atoms with van der Waals surface area (Å²) < 4.78 is 62.9. The van der Waals surface area contributed by atoms with Crippen LogP contribution in [0.2, 0.25) is 0 Å². The molecular weight excluding hydrogens is 930 g/mol. The number of nitrogens with zero attached hydrogens (tertiary/aromatic N) is 4. The van der Waals surface area contributed by atoms with E-state index in [0.717, 1.165) is 69.8 Å². The fraction of sp³-hybridized carbons (Fsp3) is 0.509. The number of amides is 1. The number of sulfonamides is 1. The van der Waals surface area contributed by atoms with Gasteiger partial charge in [-0.05, 0) is 124 Å². The summed E-state index contributed by atoms with van der Waals surface area (Å²) in [6.45, 7) is 12.2. The molecule has 380 valence electrons. The Morgan fingerprint density at radius 2 is 1.75 bits per heavy atom. The molecule has 1 amide bonds. The third-order valence-corrected chi connectivity index (χ3v) is 16.9. The molecule has 9 rings (SSSR count). The van der Waals surface area contributed by atoms with Gasteiger partial charge in [0.15, 0.2) is 5.75 Å². The van der Waals surface area contributed by atoms with E-state index in [1.165, 1.54) is 61.8 Å². The number of pyridine rings is 1. The maximum Gasteiger partial charge on any atom is 0.293 e. The number of ether oxygens (including phenoxy) is 3. The highest BCUT2D eigenvalue weighted by Crippen LogP contribution is 2.49. The molecule has 1 unspecified atom stereocenters. The second-order valence-corrected chi connectivity index (χ2v) is 22.6. The number of likely N-dealkylation sites (tertiary alicyclic amines) is 1. The summed E-state index contributed by atoms with van der Waals surface area (Å²) in [4.78, 5) is 37.6. The number of aliphatic hydroxyl groups is 1. The lowest BCUT2D eigenvalue weighted by Crippen LogP contribution is -2.63. The number of H-pyrrole nitrogens is 1. The number of piperidine rings is 1. The molecule has 4 heterocycles.